The number of carbonyl (C=O) groups is 2. The maximum Gasteiger partial charge on any atom is 0.338 e. The molecule has 0 aliphatic rings. The highest BCUT2D eigenvalue weighted by Gasteiger charge is 2.06. The van der Waals surface area contributed by atoms with Crippen molar-refractivity contribution in [3.05, 3.63) is 42.0 Å². The number of rotatable bonds is 6. The summed E-state index contributed by atoms with van der Waals surface area (Å²) in [4.78, 5) is 24.4. The molecule has 1 aromatic carbocycles. The van der Waals surface area contributed by atoms with Gasteiger partial charge in [0.15, 0.2) is 0 Å². The van der Waals surface area contributed by atoms with E-state index in [-0.39, 0.29) is 11.9 Å². The summed E-state index contributed by atoms with van der Waals surface area (Å²) in [6.45, 7) is 2.69. The lowest BCUT2D eigenvalue weighted by Gasteiger charge is -2.17. The first kappa shape index (κ1) is 15.8. The summed E-state index contributed by atoms with van der Waals surface area (Å²) in [5.41, 5.74) is 1.46. The van der Waals surface area contributed by atoms with Crippen molar-refractivity contribution >= 4 is 17.6 Å². The van der Waals surface area contributed by atoms with Gasteiger partial charge in [0.1, 0.15) is 0 Å². The standard InChI is InChI=1S/C15H19NO4/c1-4-20-15(18)12-7-9-13(10-8-12)16(2)11-5-6-14(17)19-3/h5-10H,4,11H2,1-3H3/b6-5+. The molecule has 0 aliphatic heterocycles. The van der Waals surface area contributed by atoms with E-state index in [0.717, 1.165) is 5.69 Å². The zero-order valence-electron chi connectivity index (χ0n) is 12.0. The Kier molecular flexibility index (Phi) is 6.29. The molecule has 0 bridgehead atoms. The number of esters is 2. The lowest BCUT2D eigenvalue weighted by molar-refractivity contribution is -0.134. The fourth-order valence-electron chi connectivity index (χ4n) is 1.55. The maximum absolute atomic E-state index is 11.5. The fraction of sp³-hybridized carbons (Fsp3) is 0.333. The van der Waals surface area contributed by atoms with Crippen LogP contribution in [0.3, 0.4) is 0 Å². The second kappa shape index (κ2) is 7.99. The van der Waals surface area contributed by atoms with Crippen molar-refractivity contribution in [1.82, 2.24) is 0 Å². The topological polar surface area (TPSA) is 55.8 Å². The molecule has 0 radical (unpaired) electrons. The van der Waals surface area contributed by atoms with Gasteiger partial charge in [-0.15, -0.1) is 0 Å². The van der Waals surface area contributed by atoms with E-state index in [1.54, 1.807) is 25.1 Å². The zero-order chi connectivity index (χ0) is 15.0. The molecule has 0 aromatic heterocycles. The second-order valence-corrected chi connectivity index (χ2v) is 4.07. The Morgan fingerprint density at radius 3 is 2.45 bits per heavy atom. The van der Waals surface area contributed by atoms with Gasteiger partial charge in [0.25, 0.3) is 0 Å². The predicted octanol–water partition coefficient (Wildman–Crippen LogP) is 2.03. The van der Waals surface area contributed by atoms with Crippen LogP contribution in [-0.4, -0.2) is 39.2 Å². The quantitative estimate of drug-likeness (QED) is 0.588. The minimum Gasteiger partial charge on any atom is -0.466 e. The van der Waals surface area contributed by atoms with Crippen molar-refractivity contribution in [2.24, 2.45) is 0 Å². The van der Waals surface area contributed by atoms with Gasteiger partial charge in [0.05, 0.1) is 19.3 Å². The van der Waals surface area contributed by atoms with Crippen LogP contribution >= 0.6 is 0 Å². The smallest absolute Gasteiger partial charge is 0.338 e. The van der Waals surface area contributed by atoms with Crippen LogP contribution in [0.2, 0.25) is 0 Å². The monoisotopic (exact) mass is 277 g/mol. The number of likely N-dealkylation sites (N-methyl/N-ethyl adjacent to an activating group) is 1. The van der Waals surface area contributed by atoms with Crippen LogP contribution in [0.15, 0.2) is 36.4 Å². The Morgan fingerprint density at radius 2 is 1.90 bits per heavy atom. The molecular formula is C15H19NO4. The molecule has 1 aromatic rings. The van der Waals surface area contributed by atoms with Gasteiger partial charge in [0, 0.05) is 25.4 Å². The fourth-order valence-corrected chi connectivity index (χ4v) is 1.55. The van der Waals surface area contributed by atoms with Gasteiger partial charge >= 0.3 is 11.9 Å². The molecule has 0 spiro atoms. The van der Waals surface area contributed by atoms with E-state index < -0.39 is 0 Å². The predicted molar refractivity (Wildman–Crippen MR) is 76.8 cm³/mol. The number of hydrogen-bond acceptors (Lipinski definition) is 5. The number of nitrogens with zero attached hydrogens (tertiary/aromatic N) is 1. The van der Waals surface area contributed by atoms with Crippen molar-refractivity contribution in [2.45, 2.75) is 6.92 Å². The van der Waals surface area contributed by atoms with Crippen LogP contribution in [-0.2, 0) is 14.3 Å². The van der Waals surface area contributed by atoms with Gasteiger partial charge in [-0.05, 0) is 31.2 Å². The van der Waals surface area contributed by atoms with Crippen LogP contribution in [0, 0.1) is 0 Å². The van der Waals surface area contributed by atoms with Gasteiger partial charge in [-0.1, -0.05) is 6.08 Å². The highest BCUT2D eigenvalue weighted by Crippen LogP contribution is 2.14. The summed E-state index contributed by atoms with van der Waals surface area (Å²) in [6.07, 6.45) is 3.09. The van der Waals surface area contributed by atoms with Crippen LogP contribution in [0.4, 0.5) is 5.69 Å². The Labute approximate surface area is 118 Å². The van der Waals surface area contributed by atoms with Gasteiger partial charge in [-0.3, -0.25) is 0 Å². The van der Waals surface area contributed by atoms with E-state index in [1.165, 1.54) is 13.2 Å². The number of carbonyl (C=O) groups excluding carboxylic acids is 2. The summed E-state index contributed by atoms with van der Waals surface area (Å²) < 4.78 is 9.42. The van der Waals surface area contributed by atoms with Gasteiger partial charge in [-0.2, -0.15) is 0 Å². The van der Waals surface area contributed by atoms with Crippen LogP contribution in [0.25, 0.3) is 0 Å². The molecule has 20 heavy (non-hydrogen) atoms. The molecule has 0 fully saturated rings. The molecule has 5 heteroatoms. The lowest BCUT2D eigenvalue weighted by Crippen LogP contribution is -2.17. The summed E-state index contributed by atoms with van der Waals surface area (Å²) >= 11 is 0. The average molecular weight is 277 g/mol. The van der Waals surface area contributed by atoms with Crippen molar-refractivity contribution in [1.29, 1.82) is 0 Å². The molecule has 0 aliphatic carbocycles. The Balaban J connectivity index is 2.61. The number of ether oxygens (including phenoxy) is 2. The first-order valence-corrected chi connectivity index (χ1v) is 6.31. The van der Waals surface area contributed by atoms with Crippen molar-refractivity contribution in [3.8, 4) is 0 Å². The molecule has 0 N–H and O–H groups in total. The molecule has 108 valence electrons. The van der Waals surface area contributed by atoms with E-state index in [2.05, 4.69) is 4.74 Å². The summed E-state index contributed by atoms with van der Waals surface area (Å²) in [5.74, 6) is -0.705. The van der Waals surface area contributed by atoms with E-state index >= 15 is 0 Å². The molecule has 5 nitrogen and oxygen atoms in total. The maximum atomic E-state index is 11.5. The van der Waals surface area contributed by atoms with E-state index in [4.69, 9.17) is 4.74 Å². The number of anilines is 1. The SMILES string of the molecule is CCOC(=O)c1ccc(N(C)C/C=C/C(=O)OC)cc1. The molecule has 0 unspecified atom stereocenters. The molecule has 1 rings (SSSR count). The summed E-state index contributed by atoms with van der Waals surface area (Å²) in [5, 5.41) is 0. The van der Waals surface area contributed by atoms with E-state index in [0.29, 0.717) is 18.7 Å². The van der Waals surface area contributed by atoms with Crippen LogP contribution in [0.5, 0.6) is 0 Å². The highest BCUT2D eigenvalue weighted by atomic mass is 16.5. The summed E-state index contributed by atoms with van der Waals surface area (Å²) in [6, 6.07) is 7.10. The molecule has 0 heterocycles. The zero-order valence-corrected chi connectivity index (χ0v) is 12.0. The second-order valence-electron chi connectivity index (χ2n) is 4.07. The van der Waals surface area contributed by atoms with Crippen LogP contribution in [0.1, 0.15) is 17.3 Å². The Bertz CT molecular complexity index is 479. The first-order chi connectivity index (χ1) is 9.58. The normalized spacial score (nSPS) is 10.3. The van der Waals surface area contributed by atoms with Gasteiger partial charge in [0.2, 0.25) is 0 Å². The molecule has 0 amide bonds. The number of benzene rings is 1. The van der Waals surface area contributed by atoms with Crippen molar-refractivity contribution < 1.29 is 19.1 Å². The lowest BCUT2D eigenvalue weighted by atomic mass is 10.2. The minimum absolute atomic E-state index is 0.327. The van der Waals surface area contributed by atoms with Crippen molar-refractivity contribution in [2.75, 3.05) is 32.2 Å². The molecule has 0 saturated carbocycles. The molecule has 0 saturated heterocycles. The van der Waals surface area contributed by atoms with E-state index in [1.807, 2.05) is 24.1 Å². The van der Waals surface area contributed by atoms with Gasteiger partial charge < -0.3 is 14.4 Å². The number of hydrogen-bond donors (Lipinski definition) is 0. The van der Waals surface area contributed by atoms with Gasteiger partial charge in [-0.25, -0.2) is 9.59 Å². The van der Waals surface area contributed by atoms with Crippen molar-refractivity contribution in [3.63, 3.8) is 0 Å². The Hall–Kier alpha value is -2.30. The minimum atomic E-state index is -0.379. The summed E-state index contributed by atoms with van der Waals surface area (Å²) in [7, 11) is 3.23. The van der Waals surface area contributed by atoms with E-state index in [9.17, 15) is 9.59 Å². The van der Waals surface area contributed by atoms with Crippen LogP contribution < -0.4 is 4.90 Å². The largest absolute Gasteiger partial charge is 0.466 e. The number of methoxy groups -OCH3 is 1. The molecule has 0 atom stereocenters. The third-order valence-electron chi connectivity index (χ3n) is 2.65. The third-order valence-corrected chi connectivity index (χ3v) is 2.65. The molecular weight excluding hydrogens is 258 g/mol. The average Bonchev–Trinajstić information content (AvgIpc) is 2.47. The Morgan fingerprint density at radius 1 is 1.25 bits per heavy atom. The highest BCUT2D eigenvalue weighted by molar-refractivity contribution is 5.89. The first-order valence-electron chi connectivity index (χ1n) is 6.31. The third kappa shape index (κ3) is 4.76.